The van der Waals surface area contributed by atoms with Gasteiger partial charge >= 0.3 is 0 Å². The Morgan fingerprint density at radius 3 is 2.68 bits per heavy atom. The van der Waals surface area contributed by atoms with E-state index in [-0.39, 0.29) is 10.9 Å². The Morgan fingerprint density at radius 1 is 1.21 bits per heavy atom. The van der Waals surface area contributed by atoms with Gasteiger partial charge in [0, 0.05) is 28.7 Å². The molecule has 0 atom stereocenters. The summed E-state index contributed by atoms with van der Waals surface area (Å²) in [5.74, 6) is -0.771. The topological polar surface area (TPSA) is 25.2 Å². The third-order valence-corrected chi connectivity index (χ3v) is 6.16. The van der Waals surface area contributed by atoms with Crippen molar-refractivity contribution in [1.29, 1.82) is 0 Å². The van der Waals surface area contributed by atoms with Gasteiger partial charge in [0.1, 0.15) is 5.82 Å². The summed E-state index contributed by atoms with van der Waals surface area (Å²) in [4.78, 5) is 14.9. The molecule has 2 aromatic carbocycles. The lowest BCUT2D eigenvalue weighted by Gasteiger charge is -2.14. The molecule has 1 aliphatic heterocycles. The van der Waals surface area contributed by atoms with E-state index in [0.717, 1.165) is 16.5 Å². The van der Waals surface area contributed by atoms with Crippen LogP contribution < -0.4 is 4.90 Å². The first-order valence-corrected chi connectivity index (χ1v) is 10.3. The summed E-state index contributed by atoms with van der Waals surface area (Å²) >= 11 is 12.5. The average Bonchev–Trinajstić information content (AvgIpc) is 3.16. The smallest absolute Gasteiger partial charge is 0.270 e. The number of thiocarbonyl (C=S) groups is 1. The summed E-state index contributed by atoms with van der Waals surface area (Å²) in [5, 5.41) is 1.03. The Balaban J connectivity index is 1.76. The largest absolute Gasteiger partial charge is 0.344 e. The van der Waals surface area contributed by atoms with Gasteiger partial charge in [-0.15, -0.1) is 0 Å². The molecule has 0 radical (unpaired) electrons. The van der Waals surface area contributed by atoms with E-state index in [1.165, 1.54) is 34.9 Å². The van der Waals surface area contributed by atoms with Gasteiger partial charge in [-0.1, -0.05) is 53.8 Å². The maximum Gasteiger partial charge on any atom is 0.270 e. The molecule has 142 valence electrons. The number of aromatic nitrogens is 1. The summed E-state index contributed by atoms with van der Waals surface area (Å²) in [6, 6.07) is 12.5. The van der Waals surface area contributed by atoms with Crippen LogP contribution >= 0.6 is 35.6 Å². The van der Waals surface area contributed by atoms with Gasteiger partial charge in [-0.2, -0.15) is 0 Å². The number of carbonyl (C=O) groups excluding carboxylic acids is 1. The fourth-order valence-electron chi connectivity index (χ4n) is 3.23. The quantitative estimate of drug-likeness (QED) is 0.354. The summed E-state index contributed by atoms with van der Waals surface area (Å²) in [7, 11) is 0. The second-order valence-electron chi connectivity index (χ2n) is 6.72. The molecule has 0 N–H and O–H groups in total. The van der Waals surface area contributed by atoms with Crippen molar-refractivity contribution in [2.24, 2.45) is 0 Å². The SMILES string of the molecule is CC(C)n1cc(/C=C2/SC(=S)N(c3ccc(F)c(Cl)c3)C2=O)c2ccccc21. The number of para-hydroxylation sites is 1. The molecule has 1 amide bonds. The van der Waals surface area contributed by atoms with Crippen molar-refractivity contribution in [2.75, 3.05) is 4.90 Å². The summed E-state index contributed by atoms with van der Waals surface area (Å²) < 4.78 is 16.0. The Morgan fingerprint density at radius 2 is 1.96 bits per heavy atom. The molecule has 3 nitrogen and oxygen atoms in total. The Kier molecular flexibility index (Phi) is 5.04. The fourth-order valence-corrected chi connectivity index (χ4v) is 4.69. The number of fused-ring (bicyclic) bond motifs is 1. The molecule has 0 aliphatic carbocycles. The van der Waals surface area contributed by atoms with E-state index in [2.05, 4.69) is 30.7 Å². The average molecular weight is 431 g/mol. The minimum Gasteiger partial charge on any atom is -0.344 e. The number of amides is 1. The zero-order chi connectivity index (χ0) is 20.0. The Bertz CT molecular complexity index is 1150. The normalized spacial score (nSPS) is 16.2. The van der Waals surface area contributed by atoms with Crippen LogP contribution in [0.15, 0.2) is 53.6 Å². The molecular formula is C21H16ClFN2OS2. The second-order valence-corrected chi connectivity index (χ2v) is 8.80. The van der Waals surface area contributed by atoms with E-state index in [4.69, 9.17) is 23.8 Å². The molecule has 0 spiro atoms. The number of hydrogen-bond donors (Lipinski definition) is 0. The first-order chi connectivity index (χ1) is 13.4. The van der Waals surface area contributed by atoms with Crippen molar-refractivity contribution in [3.05, 3.63) is 70.0 Å². The number of rotatable bonds is 3. The van der Waals surface area contributed by atoms with Gasteiger partial charge in [-0.05, 0) is 44.2 Å². The maximum absolute atomic E-state index is 13.5. The van der Waals surface area contributed by atoms with Gasteiger partial charge in [-0.25, -0.2) is 4.39 Å². The van der Waals surface area contributed by atoms with E-state index in [1.54, 1.807) is 0 Å². The monoisotopic (exact) mass is 430 g/mol. The summed E-state index contributed by atoms with van der Waals surface area (Å²) in [6.07, 6.45) is 3.92. The van der Waals surface area contributed by atoms with Crippen LogP contribution in [0.5, 0.6) is 0 Å². The number of thioether (sulfide) groups is 1. The maximum atomic E-state index is 13.5. The van der Waals surface area contributed by atoms with Gasteiger partial charge < -0.3 is 4.57 Å². The van der Waals surface area contributed by atoms with Gasteiger partial charge in [0.25, 0.3) is 5.91 Å². The fraction of sp³-hybridized carbons (Fsp3) is 0.143. The molecule has 7 heteroatoms. The van der Waals surface area contributed by atoms with Crippen molar-refractivity contribution in [3.8, 4) is 0 Å². The molecule has 1 aromatic heterocycles. The molecular weight excluding hydrogens is 415 g/mol. The molecule has 1 aliphatic rings. The van der Waals surface area contributed by atoms with Crippen LogP contribution in [0.4, 0.5) is 10.1 Å². The van der Waals surface area contributed by atoms with Crippen molar-refractivity contribution in [1.82, 2.24) is 4.57 Å². The minimum atomic E-state index is -0.534. The molecule has 4 rings (SSSR count). The first kappa shape index (κ1) is 19.2. The van der Waals surface area contributed by atoms with Crippen LogP contribution in [-0.2, 0) is 4.79 Å². The Labute approximate surface area is 176 Å². The molecule has 2 heterocycles. The molecule has 0 bridgehead atoms. The first-order valence-electron chi connectivity index (χ1n) is 8.69. The standard InChI is InChI=1S/C21H16ClFN2OS2/c1-12(2)24-11-13(15-5-3-4-6-18(15)24)9-19-20(26)25(21(27)28-19)14-7-8-17(23)16(22)10-14/h3-12H,1-2H3/b19-9+. The van der Waals surface area contributed by atoms with Crippen molar-refractivity contribution < 1.29 is 9.18 Å². The molecule has 0 saturated carbocycles. The highest BCUT2D eigenvalue weighted by atomic mass is 35.5. The predicted molar refractivity (Wildman–Crippen MR) is 119 cm³/mol. The molecule has 28 heavy (non-hydrogen) atoms. The summed E-state index contributed by atoms with van der Waals surface area (Å²) in [6.45, 7) is 4.24. The summed E-state index contributed by atoms with van der Waals surface area (Å²) in [5.41, 5.74) is 2.54. The van der Waals surface area contributed by atoms with Gasteiger partial charge in [-0.3, -0.25) is 9.69 Å². The predicted octanol–water partition coefficient (Wildman–Crippen LogP) is 6.42. The molecule has 3 aromatic rings. The zero-order valence-electron chi connectivity index (χ0n) is 15.1. The highest BCUT2D eigenvalue weighted by molar-refractivity contribution is 8.27. The third kappa shape index (κ3) is 3.26. The van der Waals surface area contributed by atoms with E-state index >= 15 is 0 Å². The third-order valence-electron chi connectivity index (χ3n) is 4.57. The van der Waals surface area contributed by atoms with Crippen molar-refractivity contribution in [2.45, 2.75) is 19.9 Å². The van der Waals surface area contributed by atoms with Gasteiger partial charge in [0.15, 0.2) is 4.32 Å². The number of anilines is 1. The van der Waals surface area contributed by atoms with Crippen LogP contribution in [0.2, 0.25) is 5.02 Å². The number of nitrogens with zero attached hydrogens (tertiary/aromatic N) is 2. The van der Waals surface area contributed by atoms with Crippen molar-refractivity contribution in [3.63, 3.8) is 0 Å². The zero-order valence-corrected chi connectivity index (χ0v) is 17.5. The molecule has 1 fully saturated rings. The number of hydrogen-bond acceptors (Lipinski definition) is 3. The number of halogens is 2. The lowest BCUT2D eigenvalue weighted by Crippen LogP contribution is -2.27. The van der Waals surface area contributed by atoms with Gasteiger partial charge in [0.05, 0.1) is 15.6 Å². The lowest BCUT2D eigenvalue weighted by atomic mass is 10.1. The van der Waals surface area contributed by atoms with Crippen LogP contribution in [-0.4, -0.2) is 14.8 Å². The second kappa shape index (κ2) is 7.35. The van der Waals surface area contributed by atoms with Crippen molar-refractivity contribution >= 4 is 68.5 Å². The molecule has 0 unspecified atom stereocenters. The number of carbonyl (C=O) groups is 1. The molecule has 1 saturated heterocycles. The van der Waals surface area contributed by atoms with Crippen LogP contribution in [0, 0.1) is 5.82 Å². The van der Waals surface area contributed by atoms with Crippen LogP contribution in [0.1, 0.15) is 25.5 Å². The minimum absolute atomic E-state index is 0.0458. The van der Waals surface area contributed by atoms with Crippen LogP contribution in [0.3, 0.4) is 0 Å². The van der Waals surface area contributed by atoms with E-state index in [1.807, 2.05) is 24.3 Å². The highest BCUT2D eigenvalue weighted by Crippen LogP contribution is 2.38. The van der Waals surface area contributed by atoms with E-state index < -0.39 is 5.82 Å². The lowest BCUT2D eigenvalue weighted by molar-refractivity contribution is -0.113. The van der Waals surface area contributed by atoms with Crippen LogP contribution in [0.25, 0.3) is 17.0 Å². The Hall–Kier alpha value is -2.15. The van der Waals surface area contributed by atoms with E-state index in [0.29, 0.717) is 21.0 Å². The van der Waals surface area contributed by atoms with Gasteiger partial charge in [0.2, 0.25) is 0 Å². The highest BCUT2D eigenvalue weighted by Gasteiger charge is 2.33. The van der Waals surface area contributed by atoms with E-state index in [9.17, 15) is 9.18 Å². The number of benzene rings is 2.